The van der Waals surface area contributed by atoms with Crippen molar-refractivity contribution in [1.82, 2.24) is 9.80 Å². The largest absolute Gasteiger partial charge is 0.337 e. The lowest BCUT2D eigenvalue weighted by atomic mass is 9.94. The van der Waals surface area contributed by atoms with Gasteiger partial charge in [-0.3, -0.25) is 4.79 Å². The van der Waals surface area contributed by atoms with Gasteiger partial charge >= 0.3 is 0 Å². The zero-order valence-electron chi connectivity index (χ0n) is 18.0. The molecule has 0 saturated heterocycles. The van der Waals surface area contributed by atoms with Crippen molar-refractivity contribution in [2.24, 2.45) is 5.73 Å². The maximum absolute atomic E-state index is 13.6. The monoisotopic (exact) mass is 457 g/mol. The summed E-state index contributed by atoms with van der Waals surface area (Å²) >= 11 is 12.4. The van der Waals surface area contributed by atoms with Gasteiger partial charge in [-0.1, -0.05) is 65.7 Å². The zero-order valence-corrected chi connectivity index (χ0v) is 19.5. The van der Waals surface area contributed by atoms with Crippen molar-refractivity contribution in [1.29, 1.82) is 0 Å². The molecular formula is C25H29Cl2N3O. The lowest BCUT2D eigenvalue weighted by molar-refractivity contribution is 0.0748. The molecule has 0 aliphatic rings. The topological polar surface area (TPSA) is 49.6 Å². The molecule has 1 amide bonds. The first kappa shape index (κ1) is 23.6. The standard InChI is InChI=1S/C25H29Cl2N3O/c1-29(2)14-12-20(19-10-11-23(26)24(27)16-19)17-30(15-13-28)25(31)22-9-5-7-18-6-3-4-8-21(18)22/h3-11,16,20H,12-15,17,28H2,1-2H3. The maximum Gasteiger partial charge on any atom is 0.254 e. The number of benzene rings is 3. The van der Waals surface area contributed by atoms with Crippen molar-refractivity contribution in [2.45, 2.75) is 12.3 Å². The maximum atomic E-state index is 13.6. The third kappa shape index (κ3) is 5.98. The van der Waals surface area contributed by atoms with Gasteiger partial charge in [-0.2, -0.15) is 0 Å². The molecule has 0 aliphatic heterocycles. The molecule has 31 heavy (non-hydrogen) atoms. The predicted molar refractivity (Wildman–Crippen MR) is 131 cm³/mol. The normalized spacial score (nSPS) is 12.3. The van der Waals surface area contributed by atoms with E-state index in [1.807, 2.05) is 79.7 Å². The minimum Gasteiger partial charge on any atom is -0.337 e. The van der Waals surface area contributed by atoms with Crippen LogP contribution in [0.4, 0.5) is 0 Å². The van der Waals surface area contributed by atoms with Crippen LogP contribution in [0.1, 0.15) is 28.3 Å². The van der Waals surface area contributed by atoms with Crippen molar-refractivity contribution in [3.63, 3.8) is 0 Å². The fourth-order valence-corrected chi connectivity index (χ4v) is 4.13. The quantitative estimate of drug-likeness (QED) is 0.475. The number of halogens is 2. The van der Waals surface area contributed by atoms with Crippen LogP contribution >= 0.6 is 23.2 Å². The summed E-state index contributed by atoms with van der Waals surface area (Å²) in [4.78, 5) is 17.6. The highest BCUT2D eigenvalue weighted by Gasteiger charge is 2.23. The summed E-state index contributed by atoms with van der Waals surface area (Å²) in [6.07, 6.45) is 0.884. The molecule has 164 valence electrons. The van der Waals surface area contributed by atoms with E-state index in [9.17, 15) is 4.79 Å². The molecule has 0 radical (unpaired) electrons. The molecule has 1 atom stereocenters. The highest BCUT2D eigenvalue weighted by molar-refractivity contribution is 6.42. The van der Waals surface area contributed by atoms with Crippen LogP contribution in [-0.2, 0) is 0 Å². The van der Waals surface area contributed by atoms with E-state index < -0.39 is 0 Å². The highest BCUT2D eigenvalue weighted by Crippen LogP contribution is 2.30. The zero-order chi connectivity index (χ0) is 22.4. The second kappa shape index (κ2) is 11.0. The van der Waals surface area contributed by atoms with E-state index >= 15 is 0 Å². The number of carbonyl (C=O) groups is 1. The number of carbonyl (C=O) groups excluding carboxylic acids is 1. The van der Waals surface area contributed by atoms with Crippen molar-refractivity contribution in [2.75, 3.05) is 40.3 Å². The van der Waals surface area contributed by atoms with Gasteiger partial charge in [0.1, 0.15) is 0 Å². The number of nitrogens with two attached hydrogens (primary N) is 1. The second-order valence-electron chi connectivity index (χ2n) is 8.03. The summed E-state index contributed by atoms with van der Waals surface area (Å²) in [6, 6.07) is 19.5. The molecule has 0 saturated carbocycles. The molecule has 2 N–H and O–H groups in total. The highest BCUT2D eigenvalue weighted by atomic mass is 35.5. The Kier molecular flexibility index (Phi) is 8.33. The molecule has 1 unspecified atom stereocenters. The lowest BCUT2D eigenvalue weighted by Crippen LogP contribution is -2.39. The Balaban J connectivity index is 1.93. The molecule has 3 aromatic rings. The number of rotatable bonds is 9. The number of amides is 1. The number of fused-ring (bicyclic) bond motifs is 1. The van der Waals surface area contributed by atoms with Gasteiger partial charge in [0.15, 0.2) is 0 Å². The minimum atomic E-state index is -0.00263. The third-order valence-electron chi connectivity index (χ3n) is 5.49. The van der Waals surface area contributed by atoms with Gasteiger partial charge in [-0.05, 0) is 61.6 Å². The van der Waals surface area contributed by atoms with Crippen LogP contribution in [0, 0.1) is 0 Å². The van der Waals surface area contributed by atoms with Gasteiger partial charge in [0.25, 0.3) is 5.91 Å². The van der Waals surface area contributed by atoms with E-state index in [0.717, 1.165) is 29.3 Å². The van der Waals surface area contributed by atoms with Crippen molar-refractivity contribution in [3.05, 3.63) is 81.8 Å². The molecule has 4 nitrogen and oxygen atoms in total. The van der Waals surface area contributed by atoms with Crippen LogP contribution in [0.15, 0.2) is 60.7 Å². The van der Waals surface area contributed by atoms with Crippen LogP contribution in [0.2, 0.25) is 10.0 Å². The Morgan fingerprint density at radius 3 is 2.42 bits per heavy atom. The van der Waals surface area contributed by atoms with E-state index in [0.29, 0.717) is 35.2 Å². The summed E-state index contributed by atoms with van der Waals surface area (Å²) in [5, 5.41) is 3.06. The Bertz CT molecular complexity index is 1030. The van der Waals surface area contributed by atoms with Gasteiger partial charge in [0.05, 0.1) is 10.0 Å². The van der Waals surface area contributed by atoms with Gasteiger partial charge < -0.3 is 15.5 Å². The summed E-state index contributed by atoms with van der Waals surface area (Å²) in [7, 11) is 4.09. The van der Waals surface area contributed by atoms with Crippen LogP contribution in [0.25, 0.3) is 10.8 Å². The summed E-state index contributed by atoms with van der Waals surface area (Å²) in [5.74, 6) is 0.111. The Hall–Kier alpha value is -2.11. The molecule has 0 heterocycles. The molecular weight excluding hydrogens is 429 g/mol. The first-order chi connectivity index (χ1) is 14.9. The van der Waals surface area contributed by atoms with E-state index in [1.54, 1.807) is 0 Å². The van der Waals surface area contributed by atoms with Crippen LogP contribution < -0.4 is 5.73 Å². The van der Waals surface area contributed by atoms with E-state index in [-0.39, 0.29) is 11.8 Å². The van der Waals surface area contributed by atoms with Gasteiger partial charge in [-0.25, -0.2) is 0 Å². The second-order valence-corrected chi connectivity index (χ2v) is 8.84. The minimum absolute atomic E-state index is 0.00263. The van der Waals surface area contributed by atoms with E-state index in [1.165, 1.54) is 0 Å². The van der Waals surface area contributed by atoms with Crippen molar-refractivity contribution >= 4 is 39.9 Å². The SMILES string of the molecule is CN(C)CCC(CN(CCN)C(=O)c1cccc2ccccc12)c1ccc(Cl)c(Cl)c1. The average Bonchev–Trinajstić information content (AvgIpc) is 2.77. The molecule has 6 heteroatoms. The van der Waals surface area contributed by atoms with Crippen LogP contribution in [0.3, 0.4) is 0 Å². The molecule has 3 rings (SSSR count). The van der Waals surface area contributed by atoms with Crippen molar-refractivity contribution in [3.8, 4) is 0 Å². The lowest BCUT2D eigenvalue weighted by Gasteiger charge is -2.29. The van der Waals surface area contributed by atoms with Gasteiger partial charge in [-0.15, -0.1) is 0 Å². The van der Waals surface area contributed by atoms with Gasteiger partial charge in [0.2, 0.25) is 0 Å². The molecule has 0 bridgehead atoms. The summed E-state index contributed by atoms with van der Waals surface area (Å²) < 4.78 is 0. The number of hydrogen-bond donors (Lipinski definition) is 1. The Labute approximate surface area is 194 Å². The smallest absolute Gasteiger partial charge is 0.254 e. The Morgan fingerprint density at radius 1 is 0.968 bits per heavy atom. The molecule has 3 aromatic carbocycles. The summed E-state index contributed by atoms with van der Waals surface area (Å²) in [5.41, 5.74) is 7.67. The predicted octanol–water partition coefficient (Wildman–Crippen LogP) is 5.28. The van der Waals surface area contributed by atoms with E-state index in [2.05, 4.69) is 4.90 Å². The first-order valence-corrected chi connectivity index (χ1v) is 11.2. The fourth-order valence-electron chi connectivity index (χ4n) is 3.82. The first-order valence-electron chi connectivity index (χ1n) is 10.5. The van der Waals surface area contributed by atoms with E-state index in [4.69, 9.17) is 28.9 Å². The number of nitrogens with zero attached hydrogens (tertiary/aromatic N) is 2. The molecule has 0 aromatic heterocycles. The molecule has 0 fully saturated rings. The van der Waals surface area contributed by atoms with Crippen LogP contribution in [0.5, 0.6) is 0 Å². The van der Waals surface area contributed by atoms with Crippen LogP contribution in [-0.4, -0.2) is 56.0 Å². The number of hydrogen-bond acceptors (Lipinski definition) is 3. The third-order valence-corrected chi connectivity index (χ3v) is 6.23. The van der Waals surface area contributed by atoms with Crippen molar-refractivity contribution < 1.29 is 4.79 Å². The summed E-state index contributed by atoms with van der Waals surface area (Å²) in [6.45, 7) is 2.34. The van der Waals surface area contributed by atoms with Gasteiger partial charge in [0, 0.05) is 31.1 Å². The molecule has 0 aliphatic carbocycles. The molecule has 0 spiro atoms. The average molecular weight is 458 g/mol. The Morgan fingerprint density at radius 2 is 1.71 bits per heavy atom. The fraction of sp³-hybridized carbons (Fsp3) is 0.320.